The number of piperidine rings is 1. The molecule has 2 heterocycles. The molecule has 2 aliphatic rings. The maximum atomic E-state index is 11.6. The number of rotatable bonds is 5. The van der Waals surface area contributed by atoms with E-state index in [1.165, 1.54) is 10.6 Å². The normalized spacial score (nSPS) is 31.7. The molecule has 122 valence electrons. The van der Waals surface area contributed by atoms with Crippen molar-refractivity contribution in [3.8, 4) is 0 Å². The van der Waals surface area contributed by atoms with E-state index in [2.05, 4.69) is 0 Å². The van der Waals surface area contributed by atoms with E-state index in [9.17, 15) is 18.3 Å². The van der Waals surface area contributed by atoms with E-state index in [0.29, 0.717) is 26.2 Å². The first-order chi connectivity index (χ1) is 9.79. The van der Waals surface area contributed by atoms with Crippen molar-refractivity contribution in [3.63, 3.8) is 0 Å². The van der Waals surface area contributed by atoms with Crippen molar-refractivity contribution in [2.24, 2.45) is 11.8 Å². The first-order valence-corrected chi connectivity index (χ1v) is 9.09. The summed E-state index contributed by atoms with van der Waals surface area (Å²) in [6.45, 7) is 2.49. The molecule has 7 nitrogen and oxygen atoms in total. The second-order valence-electron chi connectivity index (χ2n) is 6.12. The Hall–Kier alpha value is -0.700. The largest absolute Gasteiger partial charge is 0.481 e. The number of carboxylic acids is 1. The van der Waals surface area contributed by atoms with Crippen LogP contribution >= 0.6 is 0 Å². The SMILES string of the molecule is CN(CC1CCCN(S(C)(=O)=O)C1)C1COCC1C(=O)O. The van der Waals surface area contributed by atoms with E-state index >= 15 is 0 Å². The monoisotopic (exact) mass is 320 g/mol. The van der Waals surface area contributed by atoms with Crippen LogP contribution in [0.5, 0.6) is 0 Å². The van der Waals surface area contributed by atoms with Crippen molar-refractivity contribution in [2.75, 3.05) is 46.2 Å². The van der Waals surface area contributed by atoms with Gasteiger partial charge in [-0.25, -0.2) is 12.7 Å². The summed E-state index contributed by atoms with van der Waals surface area (Å²) in [5.41, 5.74) is 0. The maximum Gasteiger partial charge on any atom is 0.310 e. The molecule has 0 aromatic rings. The third-order valence-electron chi connectivity index (χ3n) is 4.43. The fourth-order valence-corrected chi connectivity index (χ4v) is 4.18. The number of nitrogens with zero attached hydrogens (tertiary/aromatic N) is 2. The van der Waals surface area contributed by atoms with Crippen LogP contribution < -0.4 is 0 Å². The fraction of sp³-hybridized carbons (Fsp3) is 0.923. The second-order valence-corrected chi connectivity index (χ2v) is 8.10. The Morgan fingerprint density at radius 1 is 1.43 bits per heavy atom. The lowest BCUT2D eigenvalue weighted by molar-refractivity contribution is -0.143. The van der Waals surface area contributed by atoms with E-state index in [1.807, 2.05) is 11.9 Å². The van der Waals surface area contributed by atoms with Crippen LogP contribution in [0.25, 0.3) is 0 Å². The minimum atomic E-state index is -3.14. The fourth-order valence-electron chi connectivity index (χ4n) is 3.23. The van der Waals surface area contributed by atoms with Crippen molar-refractivity contribution in [1.29, 1.82) is 0 Å². The first-order valence-electron chi connectivity index (χ1n) is 7.25. The van der Waals surface area contributed by atoms with Gasteiger partial charge in [-0.2, -0.15) is 0 Å². The molecule has 3 atom stereocenters. The maximum absolute atomic E-state index is 11.6. The molecule has 0 aromatic carbocycles. The molecule has 2 fully saturated rings. The summed E-state index contributed by atoms with van der Waals surface area (Å²) in [5.74, 6) is -1.08. The van der Waals surface area contributed by atoms with Gasteiger partial charge in [-0.15, -0.1) is 0 Å². The average Bonchev–Trinajstić information content (AvgIpc) is 2.87. The standard InChI is InChI=1S/C13H24N2O5S/c1-14(12-9-20-8-11(12)13(16)17)6-10-4-3-5-15(7-10)21(2,18)19/h10-12H,3-9H2,1-2H3,(H,16,17). The molecule has 0 radical (unpaired) electrons. The lowest BCUT2D eigenvalue weighted by atomic mass is 9.96. The Labute approximate surface area is 125 Å². The van der Waals surface area contributed by atoms with E-state index in [0.717, 1.165) is 12.8 Å². The summed E-state index contributed by atoms with van der Waals surface area (Å²) in [5, 5.41) is 9.19. The topological polar surface area (TPSA) is 87.2 Å². The minimum absolute atomic E-state index is 0.129. The Kier molecular flexibility index (Phi) is 5.24. The van der Waals surface area contributed by atoms with E-state index in [-0.39, 0.29) is 18.6 Å². The molecule has 0 bridgehead atoms. The zero-order chi connectivity index (χ0) is 15.6. The summed E-state index contributed by atoms with van der Waals surface area (Å²) in [4.78, 5) is 13.2. The predicted octanol–water partition coefficient (Wildman–Crippen LogP) is -0.311. The Morgan fingerprint density at radius 2 is 2.14 bits per heavy atom. The van der Waals surface area contributed by atoms with Crippen molar-refractivity contribution in [3.05, 3.63) is 0 Å². The van der Waals surface area contributed by atoms with Crippen LogP contribution in [0.1, 0.15) is 12.8 Å². The molecule has 0 amide bonds. The van der Waals surface area contributed by atoms with Gasteiger partial charge in [0.15, 0.2) is 0 Å². The molecule has 0 aliphatic carbocycles. The molecule has 2 aliphatic heterocycles. The molecule has 0 saturated carbocycles. The molecule has 0 spiro atoms. The van der Waals surface area contributed by atoms with Crippen LogP contribution in [0.4, 0.5) is 0 Å². The number of sulfonamides is 1. The predicted molar refractivity (Wildman–Crippen MR) is 77.5 cm³/mol. The highest BCUT2D eigenvalue weighted by Gasteiger charge is 2.37. The Morgan fingerprint density at radius 3 is 2.76 bits per heavy atom. The Balaban J connectivity index is 1.93. The summed E-state index contributed by atoms with van der Waals surface area (Å²) < 4.78 is 30.1. The molecule has 0 aromatic heterocycles. The van der Waals surface area contributed by atoms with Gasteiger partial charge in [0.25, 0.3) is 0 Å². The molecule has 2 saturated heterocycles. The summed E-state index contributed by atoms with van der Waals surface area (Å²) in [7, 11) is -1.24. The molecule has 3 unspecified atom stereocenters. The summed E-state index contributed by atoms with van der Waals surface area (Å²) in [6.07, 6.45) is 3.07. The molecular formula is C13H24N2O5S. The van der Waals surface area contributed by atoms with Gasteiger partial charge < -0.3 is 9.84 Å². The first kappa shape index (κ1) is 16.7. The summed E-state index contributed by atoms with van der Waals surface area (Å²) in [6, 6.07) is -0.129. The highest BCUT2D eigenvalue weighted by atomic mass is 32.2. The van der Waals surface area contributed by atoms with Crippen LogP contribution in [-0.2, 0) is 19.6 Å². The molecule has 2 rings (SSSR count). The van der Waals surface area contributed by atoms with E-state index in [1.54, 1.807) is 0 Å². The van der Waals surface area contributed by atoms with Gasteiger partial charge in [-0.1, -0.05) is 0 Å². The van der Waals surface area contributed by atoms with Gasteiger partial charge in [-0.05, 0) is 25.8 Å². The second kappa shape index (κ2) is 6.60. The zero-order valence-electron chi connectivity index (χ0n) is 12.6. The number of carboxylic acid groups (broad SMARTS) is 1. The van der Waals surface area contributed by atoms with Gasteiger partial charge in [0.2, 0.25) is 10.0 Å². The molecule has 1 N–H and O–H groups in total. The van der Waals surface area contributed by atoms with Gasteiger partial charge in [0.05, 0.1) is 25.4 Å². The highest BCUT2D eigenvalue weighted by Crippen LogP contribution is 2.24. The Bertz CT molecular complexity index is 481. The van der Waals surface area contributed by atoms with Crippen molar-refractivity contribution >= 4 is 16.0 Å². The van der Waals surface area contributed by atoms with Crippen LogP contribution in [0.3, 0.4) is 0 Å². The third kappa shape index (κ3) is 4.15. The van der Waals surface area contributed by atoms with Gasteiger partial charge in [-0.3, -0.25) is 9.69 Å². The number of aliphatic carboxylic acids is 1. The van der Waals surface area contributed by atoms with Gasteiger partial charge in [0, 0.05) is 25.7 Å². The summed E-state index contributed by atoms with van der Waals surface area (Å²) >= 11 is 0. The number of hydrogen-bond donors (Lipinski definition) is 1. The van der Waals surface area contributed by atoms with Crippen LogP contribution in [0, 0.1) is 11.8 Å². The smallest absolute Gasteiger partial charge is 0.310 e. The van der Waals surface area contributed by atoms with Crippen LogP contribution in [0.2, 0.25) is 0 Å². The number of carbonyl (C=O) groups is 1. The quantitative estimate of drug-likeness (QED) is 0.748. The number of hydrogen-bond acceptors (Lipinski definition) is 5. The minimum Gasteiger partial charge on any atom is -0.481 e. The number of likely N-dealkylation sites (N-methyl/N-ethyl adjacent to an activating group) is 1. The van der Waals surface area contributed by atoms with E-state index < -0.39 is 21.9 Å². The number of ether oxygens (including phenoxy) is 1. The highest BCUT2D eigenvalue weighted by molar-refractivity contribution is 7.88. The molecule has 21 heavy (non-hydrogen) atoms. The lowest BCUT2D eigenvalue weighted by Gasteiger charge is -2.35. The molecule has 8 heteroatoms. The molecular weight excluding hydrogens is 296 g/mol. The van der Waals surface area contributed by atoms with E-state index in [4.69, 9.17) is 4.74 Å². The van der Waals surface area contributed by atoms with Gasteiger partial charge >= 0.3 is 5.97 Å². The van der Waals surface area contributed by atoms with Crippen molar-refractivity contribution < 1.29 is 23.1 Å². The third-order valence-corrected chi connectivity index (χ3v) is 5.70. The lowest BCUT2D eigenvalue weighted by Crippen LogP contribution is -2.47. The van der Waals surface area contributed by atoms with Crippen LogP contribution in [-0.4, -0.2) is 80.9 Å². The van der Waals surface area contributed by atoms with Crippen molar-refractivity contribution in [2.45, 2.75) is 18.9 Å². The van der Waals surface area contributed by atoms with Crippen molar-refractivity contribution in [1.82, 2.24) is 9.21 Å². The van der Waals surface area contributed by atoms with Crippen LogP contribution in [0.15, 0.2) is 0 Å². The van der Waals surface area contributed by atoms with Gasteiger partial charge in [0.1, 0.15) is 0 Å². The average molecular weight is 320 g/mol. The zero-order valence-corrected chi connectivity index (χ0v) is 13.4.